The molecule has 0 aliphatic heterocycles. The topological polar surface area (TPSA) is 0 Å². The highest BCUT2D eigenvalue weighted by molar-refractivity contribution is 9.12. The minimum absolute atomic E-state index is 0.592. The first-order valence-corrected chi connectivity index (χ1v) is 6.66. The van der Waals surface area contributed by atoms with Gasteiger partial charge in [0.05, 0.1) is 0 Å². The molecule has 0 aromatic heterocycles. The van der Waals surface area contributed by atoms with Crippen LogP contribution in [0.2, 0.25) is 0 Å². The van der Waals surface area contributed by atoms with Crippen molar-refractivity contribution in [2.75, 3.05) is 0 Å². The summed E-state index contributed by atoms with van der Waals surface area (Å²) in [5.41, 5.74) is 2.98. The van der Waals surface area contributed by atoms with E-state index in [0.29, 0.717) is 11.8 Å². The van der Waals surface area contributed by atoms with Crippen LogP contribution < -0.4 is 0 Å². The van der Waals surface area contributed by atoms with Crippen molar-refractivity contribution >= 4 is 31.9 Å². The maximum atomic E-state index is 3.55. The minimum Gasteiger partial charge on any atom is -0.0753 e. The summed E-state index contributed by atoms with van der Waals surface area (Å²) >= 11 is 7.08. The number of halogens is 2. The van der Waals surface area contributed by atoms with Crippen LogP contribution in [0.4, 0.5) is 0 Å². The first-order valence-electron chi connectivity index (χ1n) is 5.08. The smallest absolute Gasteiger partial charge is 0.0178 e. The molecule has 0 heterocycles. The number of rotatable bonds is 0. The number of fused-ring (bicyclic) bond motifs is 3. The summed E-state index contributed by atoms with van der Waals surface area (Å²) in [5, 5.41) is 0. The van der Waals surface area contributed by atoms with Gasteiger partial charge in [0.1, 0.15) is 0 Å². The predicted molar refractivity (Wildman–Crippen MR) is 70.2 cm³/mol. The van der Waals surface area contributed by atoms with Crippen molar-refractivity contribution in [1.82, 2.24) is 0 Å². The Labute approximate surface area is 106 Å². The highest BCUT2D eigenvalue weighted by Gasteiger charge is 2.30. The highest BCUT2D eigenvalue weighted by atomic mass is 79.9. The fraction of sp³-hybridized carbons (Fsp3) is 0.231. The maximum Gasteiger partial charge on any atom is 0.0178 e. The Balaban J connectivity index is 2.07. The summed E-state index contributed by atoms with van der Waals surface area (Å²) in [4.78, 5) is 0. The zero-order valence-corrected chi connectivity index (χ0v) is 11.3. The average Bonchev–Trinajstić information content (AvgIpc) is 2.53. The van der Waals surface area contributed by atoms with Crippen molar-refractivity contribution in [2.24, 2.45) is 5.92 Å². The summed E-state index contributed by atoms with van der Waals surface area (Å²) in [5.74, 6) is 1.24. The molecule has 2 atom stereocenters. The van der Waals surface area contributed by atoms with Crippen molar-refractivity contribution in [3.05, 3.63) is 56.5 Å². The Bertz CT molecular complexity index is 471. The molecule has 0 saturated heterocycles. The molecule has 2 heteroatoms. The molecule has 15 heavy (non-hydrogen) atoms. The third-order valence-corrected chi connectivity index (χ3v) is 4.24. The Kier molecular flexibility index (Phi) is 2.37. The van der Waals surface area contributed by atoms with Gasteiger partial charge in [-0.05, 0) is 35.6 Å². The number of hydrogen-bond donors (Lipinski definition) is 0. The van der Waals surface area contributed by atoms with E-state index in [9.17, 15) is 0 Å². The standard InChI is InChI=1S/C13H10Br2/c14-10-1-3-12-8(6-10)5-9-7-11(15)2-4-13(9)12/h1-4,6-8,12H,5H2. The lowest BCUT2D eigenvalue weighted by Gasteiger charge is -2.17. The van der Waals surface area contributed by atoms with Crippen LogP contribution in [0.3, 0.4) is 0 Å². The van der Waals surface area contributed by atoms with E-state index in [-0.39, 0.29) is 0 Å². The molecule has 1 aromatic rings. The van der Waals surface area contributed by atoms with Crippen molar-refractivity contribution < 1.29 is 0 Å². The minimum atomic E-state index is 0.592. The first-order chi connectivity index (χ1) is 7.24. The summed E-state index contributed by atoms with van der Waals surface area (Å²) in [6, 6.07) is 6.65. The van der Waals surface area contributed by atoms with Gasteiger partial charge in [-0.15, -0.1) is 0 Å². The number of allylic oxidation sites excluding steroid dienone is 4. The van der Waals surface area contributed by atoms with E-state index in [1.54, 1.807) is 0 Å². The van der Waals surface area contributed by atoms with E-state index in [1.807, 2.05) is 0 Å². The number of hydrogen-bond acceptors (Lipinski definition) is 0. The Morgan fingerprint density at radius 3 is 2.93 bits per heavy atom. The first kappa shape index (κ1) is 9.86. The second-order valence-corrected chi connectivity index (χ2v) is 5.98. The molecule has 1 aromatic carbocycles. The SMILES string of the molecule is BrC1=CC2Cc3cc(Br)ccc3C2C=C1. The van der Waals surface area contributed by atoms with E-state index in [1.165, 1.54) is 26.5 Å². The van der Waals surface area contributed by atoms with Gasteiger partial charge in [0.15, 0.2) is 0 Å². The number of benzene rings is 1. The van der Waals surface area contributed by atoms with E-state index >= 15 is 0 Å². The van der Waals surface area contributed by atoms with Crippen LogP contribution >= 0.6 is 31.9 Å². The van der Waals surface area contributed by atoms with Crippen LogP contribution in [0, 0.1) is 5.92 Å². The monoisotopic (exact) mass is 324 g/mol. The molecule has 76 valence electrons. The molecule has 0 nitrogen and oxygen atoms in total. The average molecular weight is 326 g/mol. The predicted octanol–water partition coefficient (Wildman–Crippen LogP) is 4.55. The Morgan fingerprint density at radius 1 is 1.20 bits per heavy atom. The van der Waals surface area contributed by atoms with Gasteiger partial charge < -0.3 is 0 Å². The van der Waals surface area contributed by atoms with Gasteiger partial charge in [0.25, 0.3) is 0 Å². The van der Waals surface area contributed by atoms with Gasteiger partial charge in [-0.1, -0.05) is 56.2 Å². The molecular weight excluding hydrogens is 316 g/mol. The molecule has 0 fully saturated rings. The van der Waals surface area contributed by atoms with E-state index in [0.717, 1.165) is 0 Å². The van der Waals surface area contributed by atoms with Gasteiger partial charge >= 0.3 is 0 Å². The van der Waals surface area contributed by atoms with Crippen molar-refractivity contribution in [3.8, 4) is 0 Å². The largest absolute Gasteiger partial charge is 0.0753 e. The fourth-order valence-electron chi connectivity index (χ4n) is 2.55. The van der Waals surface area contributed by atoms with Crippen LogP contribution in [-0.4, -0.2) is 0 Å². The third kappa shape index (κ3) is 1.64. The van der Waals surface area contributed by atoms with Crippen LogP contribution in [0.1, 0.15) is 17.0 Å². The molecule has 0 spiro atoms. The lowest BCUT2D eigenvalue weighted by molar-refractivity contribution is 0.629. The van der Waals surface area contributed by atoms with Gasteiger partial charge in [0.2, 0.25) is 0 Å². The lowest BCUT2D eigenvalue weighted by Crippen LogP contribution is -2.05. The summed E-state index contributed by atoms with van der Waals surface area (Å²) < 4.78 is 2.41. The van der Waals surface area contributed by atoms with E-state index in [4.69, 9.17) is 0 Å². The van der Waals surface area contributed by atoms with Crippen molar-refractivity contribution in [1.29, 1.82) is 0 Å². The van der Waals surface area contributed by atoms with Crippen molar-refractivity contribution in [2.45, 2.75) is 12.3 Å². The normalized spacial score (nSPS) is 27.2. The van der Waals surface area contributed by atoms with Gasteiger partial charge in [-0.3, -0.25) is 0 Å². The van der Waals surface area contributed by atoms with Gasteiger partial charge in [-0.2, -0.15) is 0 Å². The third-order valence-electron chi connectivity index (χ3n) is 3.22. The second kappa shape index (κ2) is 3.60. The lowest BCUT2D eigenvalue weighted by atomic mass is 9.89. The molecule has 2 aliphatic carbocycles. The molecular formula is C13H10Br2. The molecule has 0 N–H and O–H groups in total. The second-order valence-electron chi connectivity index (χ2n) is 4.15. The Morgan fingerprint density at radius 2 is 2.07 bits per heavy atom. The summed E-state index contributed by atoms with van der Waals surface area (Å²) in [7, 11) is 0. The summed E-state index contributed by atoms with van der Waals surface area (Å²) in [6.07, 6.45) is 7.98. The van der Waals surface area contributed by atoms with Crippen LogP contribution in [0.5, 0.6) is 0 Å². The quantitative estimate of drug-likeness (QED) is 0.656. The van der Waals surface area contributed by atoms with Gasteiger partial charge in [0, 0.05) is 14.9 Å². The molecule has 0 radical (unpaired) electrons. The van der Waals surface area contributed by atoms with E-state index in [2.05, 4.69) is 68.3 Å². The van der Waals surface area contributed by atoms with Crippen LogP contribution in [0.25, 0.3) is 0 Å². The maximum absolute atomic E-state index is 3.55. The summed E-state index contributed by atoms with van der Waals surface area (Å²) in [6.45, 7) is 0. The van der Waals surface area contributed by atoms with Crippen molar-refractivity contribution in [3.63, 3.8) is 0 Å². The molecule has 0 bridgehead atoms. The molecule has 3 rings (SSSR count). The molecule has 0 saturated carbocycles. The Hall–Kier alpha value is -0.340. The fourth-order valence-corrected chi connectivity index (χ4v) is 3.45. The van der Waals surface area contributed by atoms with Crippen LogP contribution in [0.15, 0.2) is 45.4 Å². The van der Waals surface area contributed by atoms with Crippen LogP contribution in [-0.2, 0) is 6.42 Å². The highest BCUT2D eigenvalue weighted by Crippen LogP contribution is 2.43. The zero-order valence-electron chi connectivity index (χ0n) is 8.08. The molecule has 0 amide bonds. The van der Waals surface area contributed by atoms with E-state index < -0.39 is 0 Å². The molecule has 2 unspecified atom stereocenters. The zero-order chi connectivity index (χ0) is 10.4. The molecule has 2 aliphatic rings. The van der Waals surface area contributed by atoms with Gasteiger partial charge in [-0.25, -0.2) is 0 Å².